The van der Waals surface area contributed by atoms with Gasteiger partial charge in [0.1, 0.15) is 6.04 Å². The number of rotatable bonds is 4. The van der Waals surface area contributed by atoms with Gasteiger partial charge in [-0.3, -0.25) is 4.79 Å². The molecule has 98 valence electrons. The van der Waals surface area contributed by atoms with Crippen molar-refractivity contribution in [2.24, 2.45) is 5.92 Å². The molecule has 2 atom stereocenters. The minimum absolute atomic E-state index is 0.107. The van der Waals surface area contributed by atoms with Crippen LogP contribution in [0.15, 0.2) is 24.3 Å². The highest BCUT2D eigenvalue weighted by Gasteiger charge is 2.30. The minimum Gasteiger partial charge on any atom is -0.465 e. The normalized spacial score (nSPS) is 23.0. The molecule has 0 aliphatic carbocycles. The Bertz CT molecular complexity index is 399. The van der Waals surface area contributed by atoms with Crippen molar-refractivity contribution in [1.29, 1.82) is 0 Å². The molecule has 0 unspecified atom stereocenters. The molecular weight excluding hydrogens is 226 g/mol. The average Bonchev–Trinajstić information content (AvgIpc) is 2.81. The van der Waals surface area contributed by atoms with Crippen LogP contribution in [0.4, 0.5) is 0 Å². The molecule has 1 aromatic rings. The molecular formula is C15H21NO2. The van der Waals surface area contributed by atoms with Crippen molar-refractivity contribution in [1.82, 2.24) is 5.32 Å². The van der Waals surface area contributed by atoms with Crippen molar-refractivity contribution < 1.29 is 9.53 Å². The van der Waals surface area contributed by atoms with Crippen molar-refractivity contribution in [3.8, 4) is 0 Å². The zero-order valence-corrected chi connectivity index (χ0v) is 11.1. The Morgan fingerprint density at radius 2 is 2.11 bits per heavy atom. The van der Waals surface area contributed by atoms with Gasteiger partial charge in [-0.25, -0.2) is 0 Å². The van der Waals surface area contributed by atoms with Crippen LogP contribution in [0.1, 0.15) is 24.5 Å². The van der Waals surface area contributed by atoms with Gasteiger partial charge in [-0.15, -0.1) is 0 Å². The monoisotopic (exact) mass is 247 g/mol. The van der Waals surface area contributed by atoms with Gasteiger partial charge in [0.2, 0.25) is 0 Å². The maximum absolute atomic E-state index is 11.6. The first kappa shape index (κ1) is 13.1. The summed E-state index contributed by atoms with van der Waals surface area (Å²) in [7, 11) is 0. The molecule has 0 spiro atoms. The molecule has 1 aromatic carbocycles. The molecule has 3 heteroatoms. The maximum Gasteiger partial charge on any atom is 0.323 e. The molecule has 1 heterocycles. The number of carbonyl (C=O) groups excluding carboxylic acids is 1. The number of aryl methyl sites for hydroxylation is 1. The molecule has 0 aromatic heterocycles. The summed E-state index contributed by atoms with van der Waals surface area (Å²) < 4.78 is 5.04. The van der Waals surface area contributed by atoms with E-state index in [-0.39, 0.29) is 12.0 Å². The molecule has 1 aliphatic heterocycles. The summed E-state index contributed by atoms with van der Waals surface area (Å²) in [5, 5.41) is 3.25. The fraction of sp³-hybridized carbons (Fsp3) is 0.533. The highest BCUT2D eigenvalue weighted by molar-refractivity contribution is 5.76. The summed E-state index contributed by atoms with van der Waals surface area (Å²) in [6.45, 7) is 5.30. The molecule has 0 bridgehead atoms. The molecule has 0 amide bonds. The predicted octanol–water partition coefficient (Wildman–Crippen LogP) is 2.08. The van der Waals surface area contributed by atoms with Crippen molar-refractivity contribution in [2.75, 3.05) is 13.2 Å². The molecule has 18 heavy (non-hydrogen) atoms. The standard InChI is InChI=1S/C15H21NO2/c1-3-18-15(17)14-9-13(10-16-14)8-12-6-4-11(2)5-7-12/h4-7,13-14,16H,3,8-10H2,1-2H3/t13-,14-/m0/s1. The minimum atomic E-state index is -0.111. The smallest absolute Gasteiger partial charge is 0.323 e. The molecule has 0 saturated carbocycles. The van der Waals surface area contributed by atoms with Gasteiger partial charge in [0, 0.05) is 0 Å². The number of ether oxygens (including phenoxy) is 1. The molecule has 0 radical (unpaired) electrons. The number of esters is 1. The van der Waals surface area contributed by atoms with Crippen molar-refractivity contribution >= 4 is 5.97 Å². The van der Waals surface area contributed by atoms with E-state index in [1.807, 2.05) is 6.92 Å². The van der Waals surface area contributed by atoms with Gasteiger partial charge < -0.3 is 10.1 Å². The van der Waals surface area contributed by atoms with E-state index in [2.05, 4.69) is 36.5 Å². The van der Waals surface area contributed by atoms with Crippen LogP contribution in [-0.2, 0) is 16.0 Å². The fourth-order valence-corrected chi connectivity index (χ4v) is 2.44. The second-order valence-electron chi connectivity index (χ2n) is 5.00. The van der Waals surface area contributed by atoms with Crippen LogP contribution in [-0.4, -0.2) is 25.2 Å². The van der Waals surface area contributed by atoms with Gasteiger partial charge in [-0.2, -0.15) is 0 Å². The van der Waals surface area contributed by atoms with E-state index in [1.165, 1.54) is 11.1 Å². The lowest BCUT2D eigenvalue weighted by Gasteiger charge is -2.10. The number of hydrogen-bond acceptors (Lipinski definition) is 3. The van der Waals surface area contributed by atoms with Crippen molar-refractivity contribution in [2.45, 2.75) is 32.7 Å². The Morgan fingerprint density at radius 3 is 2.78 bits per heavy atom. The average molecular weight is 247 g/mol. The van der Waals surface area contributed by atoms with Crippen LogP contribution in [0.5, 0.6) is 0 Å². The fourth-order valence-electron chi connectivity index (χ4n) is 2.44. The van der Waals surface area contributed by atoms with Gasteiger partial charge in [0.05, 0.1) is 6.61 Å². The molecule has 1 fully saturated rings. The first-order valence-electron chi connectivity index (χ1n) is 6.64. The van der Waals surface area contributed by atoms with E-state index in [1.54, 1.807) is 0 Å². The molecule has 1 saturated heterocycles. The molecule has 3 nitrogen and oxygen atoms in total. The topological polar surface area (TPSA) is 38.3 Å². The summed E-state index contributed by atoms with van der Waals surface area (Å²) >= 11 is 0. The maximum atomic E-state index is 11.6. The largest absolute Gasteiger partial charge is 0.465 e. The van der Waals surface area contributed by atoms with Crippen LogP contribution in [0.2, 0.25) is 0 Å². The Balaban J connectivity index is 1.86. The highest BCUT2D eigenvalue weighted by Crippen LogP contribution is 2.20. The number of hydrogen-bond donors (Lipinski definition) is 1. The van der Waals surface area contributed by atoms with Crippen LogP contribution in [0.25, 0.3) is 0 Å². The summed E-state index contributed by atoms with van der Waals surface area (Å²) in [6.07, 6.45) is 1.91. The predicted molar refractivity (Wildman–Crippen MR) is 71.4 cm³/mol. The van der Waals surface area contributed by atoms with Crippen molar-refractivity contribution in [3.63, 3.8) is 0 Å². The van der Waals surface area contributed by atoms with Crippen molar-refractivity contribution in [3.05, 3.63) is 35.4 Å². The first-order chi connectivity index (χ1) is 8.69. The Labute approximate surface area is 109 Å². The molecule has 2 rings (SSSR count). The van der Waals surface area contributed by atoms with E-state index in [0.29, 0.717) is 12.5 Å². The lowest BCUT2D eigenvalue weighted by molar-refractivity contribution is -0.145. The Hall–Kier alpha value is -1.35. The van der Waals surface area contributed by atoms with Crippen LogP contribution in [0.3, 0.4) is 0 Å². The quantitative estimate of drug-likeness (QED) is 0.828. The number of carbonyl (C=O) groups is 1. The van der Waals surface area contributed by atoms with Gasteiger partial charge in [0.25, 0.3) is 0 Å². The SMILES string of the molecule is CCOC(=O)[C@@H]1C[C@H](Cc2ccc(C)cc2)CN1. The third-order valence-electron chi connectivity index (χ3n) is 3.44. The zero-order valence-electron chi connectivity index (χ0n) is 11.1. The summed E-state index contributed by atoms with van der Waals surface area (Å²) in [5.74, 6) is 0.422. The summed E-state index contributed by atoms with van der Waals surface area (Å²) in [4.78, 5) is 11.6. The van der Waals surface area contributed by atoms with Gasteiger partial charge in [-0.1, -0.05) is 29.8 Å². The lowest BCUT2D eigenvalue weighted by atomic mass is 9.96. The Kier molecular flexibility index (Phi) is 4.37. The zero-order chi connectivity index (χ0) is 13.0. The lowest BCUT2D eigenvalue weighted by Crippen LogP contribution is -2.32. The molecule has 1 N–H and O–H groups in total. The van der Waals surface area contributed by atoms with E-state index in [0.717, 1.165) is 19.4 Å². The third kappa shape index (κ3) is 3.33. The van der Waals surface area contributed by atoms with E-state index < -0.39 is 0 Å². The van der Waals surface area contributed by atoms with Gasteiger partial charge in [0.15, 0.2) is 0 Å². The van der Waals surface area contributed by atoms with E-state index in [9.17, 15) is 4.79 Å². The summed E-state index contributed by atoms with van der Waals surface area (Å²) in [6, 6.07) is 8.52. The van der Waals surface area contributed by atoms with Crippen LogP contribution < -0.4 is 5.32 Å². The van der Waals surface area contributed by atoms with E-state index >= 15 is 0 Å². The van der Waals surface area contributed by atoms with Gasteiger partial charge in [-0.05, 0) is 44.7 Å². The second kappa shape index (κ2) is 6.01. The Morgan fingerprint density at radius 1 is 1.39 bits per heavy atom. The first-order valence-corrected chi connectivity index (χ1v) is 6.64. The van der Waals surface area contributed by atoms with Crippen LogP contribution in [0, 0.1) is 12.8 Å². The number of benzene rings is 1. The summed E-state index contributed by atoms with van der Waals surface area (Å²) in [5.41, 5.74) is 2.63. The second-order valence-corrected chi connectivity index (χ2v) is 5.00. The molecule has 1 aliphatic rings. The van der Waals surface area contributed by atoms with Gasteiger partial charge >= 0.3 is 5.97 Å². The van der Waals surface area contributed by atoms with Crippen LogP contribution >= 0.6 is 0 Å². The van der Waals surface area contributed by atoms with E-state index in [4.69, 9.17) is 4.74 Å². The third-order valence-corrected chi connectivity index (χ3v) is 3.44. The number of nitrogens with one attached hydrogen (secondary N) is 1. The highest BCUT2D eigenvalue weighted by atomic mass is 16.5.